The molecule has 196 valence electrons. The number of hydrogen-bond acceptors (Lipinski definition) is 4. The average molecular weight is 498 g/mol. The molecule has 1 saturated carbocycles. The Morgan fingerprint density at radius 1 is 1.14 bits per heavy atom. The summed E-state index contributed by atoms with van der Waals surface area (Å²) in [6, 6.07) is 4.76. The van der Waals surface area contributed by atoms with Gasteiger partial charge in [0, 0.05) is 32.7 Å². The zero-order chi connectivity index (χ0) is 26.0. The van der Waals surface area contributed by atoms with Crippen LogP contribution >= 0.6 is 0 Å². The van der Waals surface area contributed by atoms with Crippen LogP contribution in [0.15, 0.2) is 24.3 Å². The second-order valence-corrected chi connectivity index (χ2v) is 10.9. The minimum Gasteiger partial charge on any atom is -0.444 e. The number of amides is 2. The molecule has 6 nitrogen and oxygen atoms in total. The topological polar surface area (TPSA) is 61.9 Å². The normalized spacial score (nSPS) is 23.6. The van der Waals surface area contributed by atoms with Crippen LogP contribution in [0.1, 0.15) is 64.5 Å². The first-order valence-electron chi connectivity index (χ1n) is 12.4. The molecule has 3 rings (SSSR count). The molecule has 1 heterocycles. The van der Waals surface area contributed by atoms with Gasteiger partial charge < -0.3 is 10.1 Å². The summed E-state index contributed by atoms with van der Waals surface area (Å²) in [5, 5.41) is 3.20. The third-order valence-corrected chi connectivity index (χ3v) is 6.96. The quantitative estimate of drug-likeness (QED) is 0.572. The number of benzene rings is 1. The van der Waals surface area contributed by atoms with Gasteiger partial charge in [0.25, 0.3) is 0 Å². The molecular weight excluding hydrogens is 459 g/mol. The zero-order valence-electron chi connectivity index (χ0n) is 21.3. The van der Waals surface area contributed by atoms with Gasteiger partial charge in [0.05, 0.1) is 5.56 Å². The van der Waals surface area contributed by atoms with Gasteiger partial charge in [-0.05, 0) is 69.6 Å². The third kappa shape index (κ3) is 7.12. The molecule has 9 heteroatoms. The van der Waals surface area contributed by atoms with Gasteiger partial charge in [-0.15, -0.1) is 0 Å². The smallest absolute Gasteiger partial charge is 0.416 e. The van der Waals surface area contributed by atoms with Gasteiger partial charge in [0.1, 0.15) is 11.6 Å². The van der Waals surface area contributed by atoms with Crippen LogP contribution in [-0.2, 0) is 22.3 Å². The predicted octanol–water partition coefficient (Wildman–Crippen LogP) is 5.07. The summed E-state index contributed by atoms with van der Waals surface area (Å²) in [4.78, 5) is 29.4. The number of likely N-dealkylation sites (N-methyl/N-ethyl adjacent to an activating group) is 1. The molecule has 4 atom stereocenters. The second kappa shape index (κ2) is 10.8. The van der Waals surface area contributed by atoms with Crippen LogP contribution in [0.25, 0.3) is 0 Å². The lowest BCUT2D eigenvalue weighted by Crippen LogP contribution is -2.52. The molecule has 2 fully saturated rings. The fourth-order valence-electron chi connectivity index (χ4n) is 5.24. The van der Waals surface area contributed by atoms with Crippen molar-refractivity contribution >= 4 is 12.0 Å². The highest BCUT2D eigenvalue weighted by Gasteiger charge is 2.44. The van der Waals surface area contributed by atoms with E-state index in [4.69, 9.17) is 4.74 Å². The van der Waals surface area contributed by atoms with Crippen molar-refractivity contribution in [2.45, 2.75) is 83.8 Å². The molecule has 1 aliphatic heterocycles. The van der Waals surface area contributed by atoms with Gasteiger partial charge in [-0.2, -0.15) is 13.2 Å². The van der Waals surface area contributed by atoms with Crippen molar-refractivity contribution in [2.24, 2.45) is 11.8 Å². The fraction of sp³-hybridized carbons (Fsp3) is 0.692. The standard InChI is InChI=1S/C26H38F3N3O3/c1-6-7-22(31(5)24(34)35-25(2,3)4)23(33)30-21-13-10-18-15-32(16-20(18)21)14-17-8-11-19(12-9-17)26(27,28)29/h8-9,11-12,18,20-22H,6-7,10,13-16H2,1-5H3,(H,30,33)/t18-,20+,21+,22+/m1/s1. The molecular formula is C26H38F3N3O3. The number of hydrogen-bond donors (Lipinski definition) is 1. The highest BCUT2D eigenvalue weighted by atomic mass is 19.4. The first-order chi connectivity index (χ1) is 16.3. The molecule has 2 aliphatic rings. The van der Waals surface area contributed by atoms with Crippen molar-refractivity contribution in [1.82, 2.24) is 15.1 Å². The Balaban J connectivity index is 1.58. The molecule has 0 radical (unpaired) electrons. The van der Waals surface area contributed by atoms with Crippen molar-refractivity contribution in [3.63, 3.8) is 0 Å². The minimum absolute atomic E-state index is 0.0245. The maximum absolute atomic E-state index is 13.2. The van der Waals surface area contributed by atoms with E-state index in [1.165, 1.54) is 17.0 Å². The summed E-state index contributed by atoms with van der Waals surface area (Å²) in [6.45, 7) is 9.61. The number of ether oxygens (including phenoxy) is 1. The Morgan fingerprint density at radius 2 is 1.80 bits per heavy atom. The van der Waals surface area contributed by atoms with E-state index in [1.807, 2.05) is 6.92 Å². The van der Waals surface area contributed by atoms with Crippen LogP contribution in [0.3, 0.4) is 0 Å². The van der Waals surface area contributed by atoms with E-state index >= 15 is 0 Å². The zero-order valence-corrected chi connectivity index (χ0v) is 21.3. The number of carbonyl (C=O) groups is 2. The van der Waals surface area contributed by atoms with E-state index in [0.717, 1.165) is 50.0 Å². The monoisotopic (exact) mass is 497 g/mol. The minimum atomic E-state index is -4.33. The van der Waals surface area contributed by atoms with E-state index in [1.54, 1.807) is 27.8 Å². The van der Waals surface area contributed by atoms with Crippen molar-refractivity contribution in [3.8, 4) is 0 Å². The van der Waals surface area contributed by atoms with Crippen molar-refractivity contribution in [2.75, 3.05) is 20.1 Å². The van der Waals surface area contributed by atoms with Crippen LogP contribution in [0.4, 0.5) is 18.0 Å². The van der Waals surface area contributed by atoms with E-state index in [2.05, 4.69) is 10.2 Å². The van der Waals surface area contributed by atoms with Gasteiger partial charge in [0.2, 0.25) is 5.91 Å². The molecule has 1 aliphatic carbocycles. The Bertz CT molecular complexity index is 883. The summed E-state index contributed by atoms with van der Waals surface area (Å²) < 4.78 is 43.9. The Hall–Kier alpha value is -2.29. The van der Waals surface area contributed by atoms with Crippen LogP contribution in [0, 0.1) is 11.8 Å². The largest absolute Gasteiger partial charge is 0.444 e. The molecule has 0 aromatic heterocycles. The maximum atomic E-state index is 13.2. The Kier molecular flexibility index (Phi) is 8.40. The van der Waals surface area contributed by atoms with Gasteiger partial charge in [-0.1, -0.05) is 25.5 Å². The number of rotatable bonds is 7. The lowest BCUT2D eigenvalue weighted by molar-refractivity contribution is -0.137. The first kappa shape index (κ1) is 27.3. The lowest BCUT2D eigenvalue weighted by Gasteiger charge is -2.31. The van der Waals surface area contributed by atoms with Crippen LogP contribution in [0.2, 0.25) is 0 Å². The molecule has 1 aromatic rings. The van der Waals surface area contributed by atoms with Crippen molar-refractivity contribution in [1.29, 1.82) is 0 Å². The van der Waals surface area contributed by atoms with E-state index in [-0.39, 0.29) is 11.9 Å². The Morgan fingerprint density at radius 3 is 2.37 bits per heavy atom. The van der Waals surface area contributed by atoms with Crippen molar-refractivity contribution in [3.05, 3.63) is 35.4 Å². The molecule has 1 aromatic carbocycles. The predicted molar refractivity (Wildman–Crippen MR) is 128 cm³/mol. The highest BCUT2D eigenvalue weighted by molar-refractivity contribution is 5.85. The molecule has 2 amide bonds. The number of nitrogens with one attached hydrogen (secondary N) is 1. The van der Waals surface area contributed by atoms with E-state index in [9.17, 15) is 22.8 Å². The second-order valence-electron chi connectivity index (χ2n) is 10.9. The summed E-state index contributed by atoms with van der Waals surface area (Å²) in [6.07, 6.45) is -1.66. The van der Waals surface area contributed by atoms with Gasteiger partial charge in [0.15, 0.2) is 0 Å². The number of nitrogens with zero attached hydrogens (tertiary/aromatic N) is 2. The highest BCUT2D eigenvalue weighted by Crippen LogP contribution is 2.39. The third-order valence-electron chi connectivity index (χ3n) is 6.96. The summed E-state index contributed by atoms with van der Waals surface area (Å²) in [5.41, 5.74) is -0.432. The van der Waals surface area contributed by atoms with Gasteiger partial charge >= 0.3 is 12.3 Å². The maximum Gasteiger partial charge on any atom is 0.416 e. The van der Waals surface area contributed by atoms with E-state index in [0.29, 0.717) is 24.8 Å². The molecule has 0 spiro atoms. The number of likely N-dealkylation sites (tertiary alicyclic amines) is 1. The number of fused-ring (bicyclic) bond motifs is 1. The molecule has 0 bridgehead atoms. The molecule has 1 saturated heterocycles. The fourth-order valence-corrected chi connectivity index (χ4v) is 5.24. The molecule has 0 unspecified atom stereocenters. The average Bonchev–Trinajstić information content (AvgIpc) is 3.31. The van der Waals surface area contributed by atoms with Crippen LogP contribution < -0.4 is 5.32 Å². The molecule has 1 N–H and O–H groups in total. The summed E-state index contributed by atoms with van der Waals surface area (Å²) in [5.74, 6) is 0.581. The number of carbonyl (C=O) groups excluding carboxylic acids is 2. The van der Waals surface area contributed by atoms with Gasteiger partial charge in [-0.3, -0.25) is 14.6 Å². The summed E-state index contributed by atoms with van der Waals surface area (Å²) >= 11 is 0. The Labute approximate surface area is 206 Å². The SMILES string of the molecule is CCC[C@@H](C(=O)N[C@H]1CC[C@@H]2CN(Cc3ccc(C(F)(F)F)cc3)C[C@@H]21)N(C)C(=O)OC(C)(C)C. The molecule has 35 heavy (non-hydrogen) atoms. The van der Waals surface area contributed by atoms with Gasteiger partial charge in [-0.25, -0.2) is 4.79 Å². The van der Waals surface area contributed by atoms with E-state index < -0.39 is 29.5 Å². The number of alkyl halides is 3. The first-order valence-corrected chi connectivity index (χ1v) is 12.4. The summed E-state index contributed by atoms with van der Waals surface area (Å²) in [7, 11) is 1.60. The van der Waals surface area contributed by atoms with Crippen molar-refractivity contribution < 1.29 is 27.5 Å². The van der Waals surface area contributed by atoms with Crippen LogP contribution in [0.5, 0.6) is 0 Å². The number of halogens is 3. The lowest BCUT2D eigenvalue weighted by atomic mass is 9.97. The van der Waals surface area contributed by atoms with Crippen LogP contribution in [-0.4, -0.2) is 59.6 Å².